The summed E-state index contributed by atoms with van der Waals surface area (Å²) in [6, 6.07) is 4.53. The molecule has 2 rings (SSSR count). The van der Waals surface area contributed by atoms with Gasteiger partial charge in [-0.2, -0.15) is 0 Å². The molecule has 0 radical (unpaired) electrons. The predicted molar refractivity (Wildman–Crippen MR) is 86.6 cm³/mol. The Hall–Kier alpha value is -2.20. The summed E-state index contributed by atoms with van der Waals surface area (Å²) in [5.74, 6) is 1.44. The first kappa shape index (κ1) is 18.1. The van der Waals surface area contributed by atoms with Gasteiger partial charge in [0.25, 0.3) is 0 Å². The van der Waals surface area contributed by atoms with Crippen LogP contribution in [-0.4, -0.2) is 49.4 Å². The first-order valence-electron chi connectivity index (χ1n) is 7.37. The van der Waals surface area contributed by atoms with Crippen molar-refractivity contribution < 1.29 is 17.9 Å². The van der Waals surface area contributed by atoms with E-state index in [4.69, 9.17) is 9.47 Å². The molecule has 1 aromatic heterocycles. The van der Waals surface area contributed by atoms with E-state index < -0.39 is 10.0 Å². The predicted octanol–water partition coefficient (Wildman–Crippen LogP) is 0.792. The molecule has 1 aromatic carbocycles. The monoisotopic (exact) mass is 355 g/mol. The van der Waals surface area contributed by atoms with Crippen LogP contribution < -0.4 is 14.2 Å². The standard InChI is InChI=1S/C14H21N5O4S/c1-10(2)19-14(16-17-18-19)7-8-15-24(20,21)11-5-6-12(22-3)13(9-11)23-4/h5-6,9-10,15H,7-8H2,1-4H3. The third-order valence-electron chi connectivity index (χ3n) is 3.36. The number of nitrogens with zero attached hydrogens (tertiary/aromatic N) is 4. The van der Waals surface area contributed by atoms with Crippen LogP contribution in [0.1, 0.15) is 25.7 Å². The number of benzene rings is 1. The van der Waals surface area contributed by atoms with Gasteiger partial charge in [-0.1, -0.05) is 0 Å². The van der Waals surface area contributed by atoms with Crippen molar-refractivity contribution in [3.05, 3.63) is 24.0 Å². The normalized spacial score (nSPS) is 11.7. The quantitative estimate of drug-likeness (QED) is 0.746. The molecule has 0 bridgehead atoms. The van der Waals surface area contributed by atoms with E-state index in [9.17, 15) is 8.42 Å². The van der Waals surface area contributed by atoms with Gasteiger partial charge in [-0.3, -0.25) is 0 Å². The molecule has 0 saturated heterocycles. The van der Waals surface area contributed by atoms with Gasteiger partial charge in [0, 0.05) is 19.0 Å². The number of hydrogen-bond acceptors (Lipinski definition) is 7. The van der Waals surface area contributed by atoms with Crippen molar-refractivity contribution in [2.45, 2.75) is 31.2 Å². The maximum absolute atomic E-state index is 12.4. The third kappa shape index (κ3) is 4.01. The number of ether oxygens (including phenoxy) is 2. The molecule has 24 heavy (non-hydrogen) atoms. The smallest absolute Gasteiger partial charge is 0.240 e. The van der Waals surface area contributed by atoms with E-state index in [-0.39, 0.29) is 17.5 Å². The molecule has 10 heteroatoms. The molecule has 2 aromatic rings. The Balaban J connectivity index is 2.07. The minimum atomic E-state index is -3.67. The van der Waals surface area contributed by atoms with Crippen LogP contribution >= 0.6 is 0 Å². The lowest BCUT2D eigenvalue weighted by Gasteiger charge is -2.11. The number of aromatic nitrogens is 4. The maximum atomic E-state index is 12.4. The highest BCUT2D eigenvalue weighted by Gasteiger charge is 2.17. The van der Waals surface area contributed by atoms with Crippen molar-refractivity contribution in [2.75, 3.05) is 20.8 Å². The highest BCUT2D eigenvalue weighted by molar-refractivity contribution is 7.89. The molecule has 1 N–H and O–H groups in total. The van der Waals surface area contributed by atoms with Gasteiger partial charge in [0.05, 0.1) is 25.2 Å². The number of hydrogen-bond donors (Lipinski definition) is 1. The van der Waals surface area contributed by atoms with Gasteiger partial charge in [0.2, 0.25) is 10.0 Å². The van der Waals surface area contributed by atoms with Crippen molar-refractivity contribution in [3.8, 4) is 11.5 Å². The van der Waals surface area contributed by atoms with Gasteiger partial charge in [0.1, 0.15) is 0 Å². The van der Waals surface area contributed by atoms with Crippen LogP contribution in [0.4, 0.5) is 0 Å². The minimum absolute atomic E-state index is 0.101. The highest BCUT2D eigenvalue weighted by Crippen LogP contribution is 2.29. The van der Waals surface area contributed by atoms with E-state index in [0.29, 0.717) is 23.7 Å². The van der Waals surface area contributed by atoms with Crippen LogP contribution in [0.15, 0.2) is 23.1 Å². The van der Waals surface area contributed by atoms with E-state index in [0.717, 1.165) is 0 Å². The summed E-state index contributed by atoms with van der Waals surface area (Å²) in [6.45, 7) is 4.09. The van der Waals surface area contributed by atoms with Gasteiger partial charge >= 0.3 is 0 Å². The molecule has 0 aliphatic carbocycles. The van der Waals surface area contributed by atoms with Crippen molar-refractivity contribution in [2.24, 2.45) is 0 Å². The van der Waals surface area contributed by atoms with Crippen molar-refractivity contribution in [1.29, 1.82) is 0 Å². The summed E-state index contributed by atoms with van der Waals surface area (Å²) in [4.78, 5) is 0.101. The van der Waals surface area contributed by atoms with Crippen molar-refractivity contribution >= 4 is 10.0 Å². The first-order valence-corrected chi connectivity index (χ1v) is 8.85. The Labute approximate surface area is 141 Å². The average molecular weight is 355 g/mol. The lowest BCUT2D eigenvalue weighted by atomic mass is 10.3. The van der Waals surface area contributed by atoms with E-state index in [2.05, 4.69) is 20.2 Å². The Morgan fingerprint density at radius 1 is 1.21 bits per heavy atom. The van der Waals surface area contributed by atoms with Crippen LogP contribution in [-0.2, 0) is 16.4 Å². The number of tetrazole rings is 1. The minimum Gasteiger partial charge on any atom is -0.493 e. The van der Waals surface area contributed by atoms with Crippen molar-refractivity contribution in [1.82, 2.24) is 24.9 Å². The van der Waals surface area contributed by atoms with Gasteiger partial charge in [0.15, 0.2) is 17.3 Å². The number of sulfonamides is 1. The fourth-order valence-electron chi connectivity index (χ4n) is 2.14. The number of nitrogens with one attached hydrogen (secondary N) is 1. The molecule has 9 nitrogen and oxygen atoms in total. The summed E-state index contributed by atoms with van der Waals surface area (Å²) in [7, 11) is -0.727. The van der Waals surface area contributed by atoms with E-state index in [1.165, 1.54) is 26.4 Å². The molecule has 0 aliphatic rings. The second-order valence-electron chi connectivity index (χ2n) is 5.30. The molecular weight excluding hydrogens is 334 g/mol. The number of methoxy groups -OCH3 is 2. The highest BCUT2D eigenvalue weighted by atomic mass is 32.2. The second-order valence-corrected chi connectivity index (χ2v) is 7.06. The van der Waals surface area contributed by atoms with E-state index in [1.807, 2.05) is 13.8 Å². The van der Waals surface area contributed by atoms with Crippen LogP contribution in [0.5, 0.6) is 11.5 Å². The largest absolute Gasteiger partial charge is 0.493 e. The fraction of sp³-hybridized carbons (Fsp3) is 0.500. The van der Waals surface area contributed by atoms with Gasteiger partial charge in [-0.25, -0.2) is 17.8 Å². The van der Waals surface area contributed by atoms with E-state index in [1.54, 1.807) is 10.7 Å². The van der Waals surface area contributed by atoms with E-state index >= 15 is 0 Å². The molecule has 0 atom stereocenters. The number of rotatable bonds is 8. The molecule has 0 spiro atoms. The molecule has 0 amide bonds. The summed E-state index contributed by atoms with van der Waals surface area (Å²) >= 11 is 0. The summed E-state index contributed by atoms with van der Waals surface area (Å²) in [6.07, 6.45) is 0.387. The molecule has 132 valence electrons. The Morgan fingerprint density at radius 2 is 1.92 bits per heavy atom. The third-order valence-corrected chi connectivity index (χ3v) is 4.81. The zero-order valence-corrected chi connectivity index (χ0v) is 14.9. The zero-order valence-electron chi connectivity index (χ0n) is 14.1. The van der Waals surface area contributed by atoms with Gasteiger partial charge < -0.3 is 9.47 Å². The second kappa shape index (κ2) is 7.58. The van der Waals surface area contributed by atoms with Gasteiger partial charge in [-0.15, -0.1) is 5.10 Å². The summed E-state index contributed by atoms with van der Waals surface area (Å²) in [5.41, 5.74) is 0. The Bertz CT molecular complexity index is 788. The average Bonchev–Trinajstić information content (AvgIpc) is 3.02. The van der Waals surface area contributed by atoms with Crippen LogP contribution in [0.2, 0.25) is 0 Å². The lowest BCUT2D eigenvalue weighted by Crippen LogP contribution is -2.27. The van der Waals surface area contributed by atoms with Crippen LogP contribution in [0.25, 0.3) is 0 Å². The molecule has 0 unspecified atom stereocenters. The summed E-state index contributed by atoms with van der Waals surface area (Å²) in [5, 5.41) is 11.4. The van der Waals surface area contributed by atoms with Gasteiger partial charge in [-0.05, 0) is 36.4 Å². The Kier molecular flexibility index (Phi) is 5.73. The maximum Gasteiger partial charge on any atom is 0.240 e. The zero-order chi connectivity index (χ0) is 17.7. The molecular formula is C14H21N5O4S. The Morgan fingerprint density at radius 3 is 2.54 bits per heavy atom. The molecule has 0 aliphatic heterocycles. The molecule has 0 saturated carbocycles. The fourth-order valence-corrected chi connectivity index (χ4v) is 3.19. The molecule has 0 fully saturated rings. The van der Waals surface area contributed by atoms with Crippen LogP contribution in [0, 0.1) is 0 Å². The SMILES string of the molecule is COc1ccc(S(=O)(=O)NCCc2nnnn2C(C)C)cc1OC. The van der Waals surface area contributed by atoms with Crippen LogP contribution in [0.3, 0.4) is 0 Å². The lowest BCUT2D eigenvalue weighted by molar-refractivity contribution is 0.354. The van der Waals surface area contributed by atoms with Crippen molar-refractivity contribution in [3.63, 3.8) is 0 Å². The molecule has 1 heterocycles. The first-order chi connectivity index (χ1) is 11.4. The summed E-state index contributed by atoms with van der Waals surface area (Å²) < 4.78 is 39.2. The topological polar surface area (TPSA) is 108 Å².